The molecule has 0 spiro atoms. The first-order valence-electron chi connectivity index (χ1n) is 6.50. The number of carbonyl (C=O) groups excluding carboxylic acids is 1. The van der Waals surface area contributed by atoms with Crippen molar-refractivity contribution in [2.24, 2.45) is 0 Å². The molecule has 0 aliphatic rings. The molecule has 100 valence electrons. The molecule has 1 rings (SSSR count). The minimum Gasteiger partial charge on any atom is -0.345 e. The molecule has 0 saturated carbocycles. The highest BCUT2D eigenvalue weighted by atomic mass is 16.2. The van der Waals surface area contributed by atoms with Crippen molar-refractivity contribution in [1.29, 1.82) is 0 Å². The minimum atomic E-state index is 0.134. The highest BCUT2D eigenvalue weighted by Crippen LogP contribution is 2.18. The molecule has 1 N–H and O–H groups in total. The molecule has 0 radical (unpaired) electrons. The predicted molar refractivity (Wildman–Crippen MR) is 75.6 cm³/mol. The third-order valence-corrected chi connectivity index (χ3v) is 3.36. The number of hydrogen-bond donors (Lipinski definition) is 1. The number of rotatable bonds is 5. The number of amides is 1. The van der Waals surface area contributed by atoms with Gasteiger partial charge in [0.05, 0.1) is 6.54 Å². The van der Waals surface area contributed by atoms with Crippen LogP contribution in [0.2, 0.25) is 0 Å². The van der Waals surface area contributed by atoms with Gasteiger partial charge in [-0.1, -0.05) is 23.8 Å². The van der Waals surface area contributed by atoms with Gasteiger partial charge < -0.3 is 10.2 Å². The van der Waals surface area contributed by atoms with E-state index in [1.54, 1.807) is 4.90 Å². The van der Waals surface area contributed by atoms with E-state index in [-0.39, 0.29) is 11.9 Å². The van der Waals surface area contributed by atoms with Gasteiger partial charge in [-0.05, 0) is 38.8 Å². The van der Waals surface area contributed by atoms with Crippen LogP contribution in [0.3, 0.4) is 0 Å². The topological polar surface area (TPSA) is 32.3 Å². The summed E-state index contributed by atoms with van der Waals surface area (Å²) in [7, 11) is 1.83. The molecule has 1 aromatic carbocycles. The zero-order valence-corrected chi connectivity index (χ0v) is 12.1. The van der Waals surface area contributed by atoms with Crippen LogP contribution in [0, 0.1) is 13.8 Å². The maximum atomic E-state index is 11.7. The predicted octanol–water partition coefficient (Wildman–Crippen LogP) is 2.43. The molecule has 0 aromatic heterocycles. The van der Waals surface area contributed by atoms with E-state index >= 15 is 0 Å². The van der Waals surface area contributed by atoms with Crippen molar-refractivity contribution >= 4 is 5.91 Å². The molecular formula is C15H24N2O. The molecule has 3 nitrogen and oxygen atoms in total. The molecule has 18 heavy (non-hydrogen) atoms. The van der Waals surface area contributed by atoms with Crippen molar-refractivity contribution < 1.29 is 4.79 Å². The van der Waals surface area contributed by atoms with Crippen molar-refractivity contribution in [2.75, 3.05) is 20.1 Å². The van der Waals surface area contributed by atoms with Crippen molar-refractivity contribution in [3.63, 3.8) is 0 Å². The maximum absolute atomic E-state index is 11.7. The number of aryl methyl sites for hydroxylation is 2. The van der Waals surface area contributed by atoms with E-state index in [0.717, 1.165) is 6.54 Å². The summed E-state index contributed by atoms with van der Waals surface area (Å²) >= 11 is 0. The van der Waals surface area contributed by atoms with Gasteiger partial charge in [0.25, 0.3) is 0 Å². The SMILES string of the molecule is CCN(C)C(=O)CNC(C)c1cc(C)ccc1C. The summed E-state index contributed by atoms with van der Waals surface area (Å²) in [5.74, 6) is 0.134. The van der Waals surface area contributed by atoms with Crippen LogP contribution in [-0.4, -0.2) is 30.9 Å². The summed E-state index contributed by atoms with van der Waals surface area (Å²) in [6, 6.07) is 6.62. The summed E-state index contributed by atoms with van der Waals surface area (Å²) in [6.45, 7) is 9.41. The molecule has 1 unspecified atom stereocenters. The van der Waals surface area contributed by atoms with Gasteiger partial charge in [-0.15, -0.1) is 0 Å². The Hall–Kier alpha value is -1.35. The second-order valence-electron chi connectivity index (χ2n) is 4.87. The van der Waals surface area contributed by atoms with E-state index in [1.807, 2.05) is 14.0 Å². The van der Waals surface area contributed by atoms with Crippen LogP contribution in [-0.2, 0) is 4.79 Å². The van der Waals surface area contributed by atoms with E-state index in [4.69, 9.17) is 0 Å². The average molecular weight is 248 g/mol. The summed E-state index contributed by atoms with van der Waals surface area (Å²) in [6.07, 6.45) is 0. The largest absolute Gasteiger partial charge is 0.345 e. The Bertz CT molecular complexity index is 415. The fourth-order valence-electron chi connectivity index (χ4n) is 1.89. The first-order chi connectivity index (χ1) is 8.45. The van der Waals surface area contributed by atoms with E-state index in [1.165, 1.54) is 16.7 Å². The zero-order chi connectivity index (χ0) is 13.7. The molecule has 0 saturated heterocycles. The lowest BCUT2D eigenvalue weighted by Crippen LogP contribution is -2.36. The zero-order valence-electron chi connectivity index (χ0n) is 12.1. The van der Waals surface area contributed by atoms with Gasteiger partial charge in [0.2, 0.25) is 5.91 Å². The van der Waals surface area contributed by atoms with Crippen molar-refractivity contribution in [1.82, 2.24) is 10.2 Å². The second-order valence-corrected chi connectivity index (χ2v) is 4.87. The van der Waals surface area contributed by atoms with Crippen LogP contribution in [0.1, 0.15) is 36.6 Å². The van der Waals surface area contributed by atoms with Gasteiger partial charge in [0.1, 0.15) is 0 Å². The van der Waals surface area contributed by atoms with E-state index in [2.05, 4.69) is 44.3 Å². The van der Waals surface area contributed by atoms with Gasteiger partial charge in [-0.25, -0.2) is 0 Å². The van der Waals surface area contributed by atoms with Crippen LogP contribution in [0.25, 0.3) is 0 Å². The standard InChI is InChI=1S/C15H24N2O/c1-6-17(5)15(18)10-16-13(4)14-9-11(2)7-8-12(14)3/h7-9,13,16H,6,10H2,1-5H3. The van der Waals surface area contributed by atoms with Crippen LogP contribution in [0.4, 0.5) is 0 Å². The average Bonchev–Trinajstić information content (AvgIpc) is 2.37. The molecule has 0 aliphatic carbocycles. The monoisotopic (exact) mass is 248 g/mol. The number of likely N-dealkylation sites (N-methyl/N-ethyl adjacent to an activating group) is 1. The lowest BCUT2D eigenvalue weighted by Gasteiger charge is -2.20. The lowest BCUT2D eigenvalue weighted by atomic mass is 10.00. The Morgan fingerprint density at radius 2 is 2.06 bits per heavy atom. The normalized spacial score (nSPS) is 12.3. The quantitative estimate of drug-likeness (QED) is 0.868. The van der Waals surface area contributed by atoms with Crippen LogP contribution >= 0.6 is 0 Å². The first kappa shape index (κ1) is 14.7. The minimum absolute atomic E-state index is 0.134. The Labute approximate surface area is 110 Å². The summed E-state index contributed by atoms with van der Waals surface area (Å²) in [4.78, 5) is 13.5. The maximum Gasteiger partial charge on any atom is 0.236 e. The summed E-state index contributed by atoms with van der Waals surface area (Å²) < 4.78 is 0. The highest BCUT2D eigenvalue weighted by molar-refractivity contribution is 5.77. The number of benzene rings is 1. The van der Waals surface area contributed by atoms with Crippen molar-refractivity contribution in [3.8, 4) is 0 Å². The van der Waals surface area contributed by atoms with Crippen LogP contribution in [0.5, 0.6) is 0 Å². The number of carbonyl (C=O) groups is 1. The molecule has 1 amide bonds. The number of nitrogens with zero attached hydrogens (tertiary/aromatic N) is 1. The van der Waals surface area contributed by atoms with Gasteiger partial charge in [-0.3, -0.25) is 4.79 Å². The van der Waals surface area contributed by atoms with E-state index in [9.17, 15) is 4.79 Å². The van der Waals surface area contributed by atoms with Gasteiger partial charge in [0.15, 0.2) is 0 Å². The third kappa shape index (κ3) is 3.84. The Balaban J connectivity index is 2.63. The number of nitrogens with one attached hydrogen (secondary N) is 1. The first-order valence-corrected chi connectivity index (χ1v) is 6.50. The van der Waals surface area contributed by atoms with Gasteiger partial charge >= 0.3 is 0 Å². The Morgan fingerprint density at radius 3 is 2.67 bits per heavy atom. The van der Waals surface area contributed by atoms with Gasteiger partial charge in [-0.2, -0.15) is 0 Å². The molecule has 0 heterocycles. The van der Waals surface area contributed by atoms with Crippen molar-refractivity contribution in [3.05, 3.63) is 34.9 Å². The van der Waals surface area contributed by atoms with Crippen LogP contribution < -0.4 is 5.32 Å². The van der Waals surface area contributed by atoms with E-state index < -0.39 is 0 Å². The molecule has 3 heteroatoms. The molecule has 0 fully saturated rings. The third-order valence-electron chi connectivity index (χ3n) is 3.36. The van der Waals surface area contributed by atoms with E-state index in [0.29, 0.717) is 6.54 Å². The fourth-order valence-corrected chi connectivity index (χ4v) is 1.89. The molecule has 1 aromatic rings. The summed E-state index contributed by atoms with van der Waals surface area (Å²) in [5.41, 5.74) is 3.78. The smallest absolute Gasteiger partial charge is 0.236 e. The fraction of sp³-hybridized carbons (Fsp3) is 0.533. The molecule has 0 aliphatic heterocycles. The highest BCUT2D eigenvalue weighted by Gasteiger charge is 2.11. The summed E-state index contributed by atoms with van der Waals surface area (Å²) in [5, 5.41) is 3.29. The molecular weight excluding hydrogens is 224 g/mol. The molecule has 0 bridgehead atoms. The lowest BCUT2D eigenvalue weighted by molar-refractivity contribution is -0.128. The Kier molecular flexibility index (Phi) is 5.35. The molecule has 1 atom stereocenters. The number of hydrogen-bond acceptors (Lipinski definition) is 2. The van der Waals surface area contributed by atoms with Gasteiger partial charge in [0, 0.05) is 19.6 Å². The Morgan fingerprint density at radius 1 is 1.39 bits per heavy atom. The van der Waals surface area contributed by atoms with Crippen LogP contribution in [0.15, 0.2) is 18.2 Å². The van der Waals surface area contributed by atoms with Crippen molar-refractivity contribution in [2.45, 2.75) is 33.7 Å². The second kappa shape index (κ2) is 6.55.